The Labute approximate surface area is 127 Å². The van der Waals surface area contributed by atoms with E-state index in [9.17, 15) is 9.18 Å². The molecule has 0 saturated carbocycles. The van der Waals surface area contributed by atoms with Crippen LogP contribution < -0.4 is 5.32 Å². The number of halogens is 1. The number of amides is 1. The zero-order chi connectivity index (χ0) is 15.4. The summed E-state index contributed by atoms with van der Waals surface area (Å²) >= 11 is 0. The van der Waals surface area contributed by atoms with E-state index >= 15 is 0 Å². The molecule has 0 aliphatic heterocycles. The number of hydrogen-bond donors (Lipinski definition) is 2. The molecule has 2 N–H and O–H groups in total. The lowest BCUT2D eigenvalue weighted by Gasteiger charge is -2.04. The Hall–Kier alpha value is -2.56. The Morgan fingerprint density at radius 2 is 2.18 bits per heavy atom. The Kier molecular flexibility index (Phi) is 4.23. The van der Waals surface area contributed by atoms with Crippen molar-refractivity contribution >= 4 is 16.8 Å². The van der Waals surface area contributed by atoms with E-state index in [4.69, 9.17) is 4.42 Å². The molecule has 5 heteroatoms. The minimum Gasteiger partial charge on any atom is -0.469 e. The van der Waals surface area contributed by atoms with Crippen LogP contribution in [0.4, 0.5) is 4.39 Å². The number of furan rings is 1. The third kappa shape index (κ3) is 3.36. The largest absolute Gasteiger partial charge is 0.469 e. The summed E-state index contributed by atoms with van der Waals surface area (Å²) in [6.07, 6.45) is 5.18. The Morgan fingerprint density at radius 1 is 1.27 bits per heavy atom. The van der Waals surface area contributed by atoms with E-state index in [-0.39, 0.29) is 11.7 Å². The molecule has 0 saturated heterocycles. The summed E-state index contributed by atoms with van der Waals surface area (Å²) in [5.74, 6) is 0.559. The average molecular weight is 300 g/mol. The maximum Gasteiger partial charge on any atom is 0.220 e. The van der Waals surface area contributed by atoms with Crippen molar-refractivity contribution in [3.8, 4) is 0 Å². The molecule has 0 fully saturated rings. The lowest BCUT2D eigenvalue weighted by Crippen LogP contribution is -2.25. The average Bonchev–Trinajstić information content (AvgIpc) is 3.15. The van der Waals surface area contributed by atoms with Gasteiger partial charge in [0.25, 0.3) is 0 Å². The van der Waals surface area contributed by atoms with Gasteiger partial charge in [-0.05, 0) is 42.3 Å². The van der Waals surface area contributed by atoms with Gasteiger partial charge in [0.1, 0.15) is 11.6 Å². The molecule has 0 aliphatic carbocycles. The summed E-state index contributed by atoms with van der Waals surface area (Å²) in [4.78, 5) is 14.8. The minimum absolute atomic E-state index is 0.00212. The van der Waals surface area contributed by atoms with Gasteiger partial charge in [-0.2, -0.15) is 0 Å². The number of H-pyrrole nitrogens is 1. The van der Waals surface area contributed by atoms with E-state index in [0.29, 0.717) is 25.8 Å². The first kappa shape index (κ1) is 14.4. The summed E-state index contributed by atoms with van der Waals surface area (Å²) < 4.78 is 18.3. The molecule has 1 aromatic carbocycles. The van der Waals surface area contributed by atoms with E-state index in [1.54, 1.807) is 12.3 Å². The van der Waals surface area contributed by atoms with Crippen LogP contribution in [0.1, 0.15) is 17.7 Å². The number of aromatic nitrogens is 1. The standard InChI is InChI=1S/C17H17FN2O2/c18-13-3-5-15-12(11-20-16(15)10-13)7-8-19-17(21)6-4-14-2-1-9-22-14/h1-3,5,9-11,20H,4,6-8H2,(H,19,21). The van der Waals surface area contributed by atoms with Crippen LogP contribution in [-0.4, -0.2) is 17.4 Å². The number of carbonyl (C=O) groups is 1. The van der Waals surface area contributed by atoms with E-state index in [2.05, 4.69) is 10.3 Å². The fraction of sp³-hybridized carbons (Fsp3) is 0.235. The van der Waals surface area contributed by atoms with Gasteiger partial charge in [-0.25, -0.2) is 4.39 Å². The fourth-order valence-corrected chi connectivity index (χ4v) is 2.48. The zero-order valence-electron chi connectivity index (χ0n) is 12.1. The Morgan fingerprint density at radius 3 is 3.00 bits per heavy atom. The first-order valence-corrected chi connectivity index (χ1v) is 7.27. The molecule has 0 atom stereocenters. The van der Waals surface area contributed by atoms with Crippen LogP contribution in [-0.2, 0) is 17.6 Å². The summed E-state index contributed by atoms with van der Waals surface area (Å²) in [5, 5.41) is 3.88. The molecule has 3 aromatic rings. The van der Waals surface area contributed by atoms with Gasteiger partial charge in [0, 0.05) is 36.5 Å². The molecule has 114 valence electrons. The van der Waals surface area contributed by atoms with Crippen LogP contribution in [0.25, 0.3) is 10.9 Å². The van der Waals surface area contributed by atoms with E-state index in [0.717, 1.165) is 22.2 Å². The SMILES string of the molecule is O=C(CCc1ccco1)NCCc1c[nH]c2cc(F)ccc12. The third-order valence-corrected chi connectivity index (χ3v) is 3.62. The van der Waals surface area contributed by atoms with E-state index < -0.39 is 0 Å². The van der Waals surface area contributed by atoms with Crippen LogP contribution in [0, 0.1) is 5.82 Å². The van der Waals surface area contributed by atoms with Crippen molar-refractivity contribution in [1.82, 2.24) is 10.3 Å². The molecule has 0 spiro atoms. The Bertz CT molecular complexity index is 762. The van der Waals surface area contributed by atoms with Gasteiger partial charge in [0.05, 0.1) is 6.26 Å². The number of carbonyl (C=O) groups excluding carboxylic acids is 1. The van der Waals surface area contributed by atoms with Crippen molar-refractivity contribution in [3.05, 3.63) is 59.9 Å². The van der Waals surface area contributed by atoms with Crippen molar-refractivity contribution in [3.63, 3.8) is 0 Å². The monoisotopic (exact) mass is 300 g/mol. The maximum atomic E-state index is 13.1. The van der Waals surface area contributed by atoms with Crippen molar-refractivity contribution < 1.29 is 13.6 Å². The number of benzene rings is 1. The molecule has 2 aromatic heterocycles. The van der Waals surface area contributed by atoms with Gasteiger partial charge < -0.3 is 14.7 Å². The highest BCUT2D eigenvalue weighted by Crippen LogP contribution is 2.19. The normalized spacial score (nSPS) is 11.0. The molecule has 0 unspecified atom stereocenters. The molecule has 4 nitrogen and oxygen atoms in total. The number of nitrogens with one attached hydrogen (secondary N) is 2. The molecular weight excluding hydrogens is 283 g/mol. The lowest BCUT2D eigenvalue weighted by atomic mass is 10.1. The number of aromatic amines is 1. The smallest absolute Gasteiger partial charge is 0.220 e. The highest BCUT2D eigenvalue weighted by Gasteiger charge is 2.06. The molecule has 1 amide bonds. The molecule has 0 aliphatic rings. The molecule has 0 bridgehead atoms. The van der Waals surface area contributed by atoms with Crippen molar-refractivity contribution in [2.75, 3.05) is 6.54 Å². The quantitative estimate of drug-likeness (QED) is 0.734. The van der Waals surface area contributed by atoms with Crippen LogP contribution >= 0.6 is 0 Å². The topological polar surface area (TPSA) is 58.0 Å². The number of fused-ring (bicyclic) bond motifs is 1. The van der Waals surface area contributed by atoms with Crippen molar-refractivity contribution in [2.24, 2.45) is 0 Å². The van der Waals surface area contributed by atoms with Gasteiger partial charge in [0.2, 0.25) is 5.91 Å². The molecular formula is C17H17FN2O2. The molecule has 2 heterocycles. The maximum absolute atomic E-state index is 13.1. The van der Waals surface area contributed by atoms with Gasteiger partial charge in [-0.3, -0.25) is 4.79 Å². The number of hydrogen-bond acceptors (Lipinski definition) is 2. The number of aryl methyl sites for hydroxylation is 1. The first-order chi connectivity index (χ1) is 10.7. The van der Waals surface area contributed by atoms with Crippen LogP contribution in [0.2, 0.25) is 0 Å². The number of rotatable bonds is 6. The zero-order valence-corrected chi connectivity index (χ0v) is 12.1. The Balaban J connectivity index is 1.48. The molecule has 0 radical (unpaired) electrons. The summed E-state index contributed by atoms with van der Waals surface area (Å²) in [6.45, 7) is 0.557. The second-order valence-corrected chi connectivity index (χ2v) is 5.18. The van der Waals surface area contributed by atoms with Crippen LogP contribution in [0.15, 0.2) is 47.2 Å². The second-order valence-electron chi connectivity index (χ2n) is 5.18. The van der Waals surface area contributed by atoms with Crippen LogP contribution in [0.5, 0.6) is 0 Å². The van der Waals surface area contributed by atoms with Gasteiger partial charge in [0.15, 0.2) is 0 Å². The predicted molar refractivity (Wildman–Crippen MR) is 82.0 cm³/mol. The summed E-state index contributed by atoms with van der Waals surface area (Å²) in [5.41, 5.74) is 1.85. The lowest BCUT2D eigenvalue weighted by molar-refractivity contribution is -0.121. The van der Waals surface area contributed by atoms with Gasteiger partial charge in [-0.15, -0.1) is 0 Å². The highest BCUT2D eigenvalue weighted by molar-refractivity contribution is 5.83. The van der Waals surface area contributed by atoms with Gasteiger partial charge in [-0.1, -0.05) is 0 Å². The minimum atomic E-state index is -0.257. The van der Waals surface area contributed by atoms with Gasteiger partial charge >= 0.3 is 0 Å². The second kappa shape index (κ2) is 6.47. The van der Waals surface area contributed by atoms with E-state index in [1.807, 2.05) is 18.3 Å². The van der Waals surface area contributed by atoms with Crippen molar-refractivity contribution in [2.45, 2.75) is 19.3 Å². The predicted octanol–water partition coefficient (Wildman–Crippen LogP) is 3.19. The summed E-state index contributed by atoms with van der Waals surface area (Å²) in [7, 11) is 0. The summed E-state index contributed by atoms with van der Waals surface area (Å²) in [6, 6.07) is 8.35. The van der Waals surface area contributed by atoms with E-state index in [1.165, 1.54) is 12.1 Å². The molecule has 3 rings (SSSR count). The third-order valence-electron chi connectivity index (χ3n) is 3.62. The first-order valence-electron chi connectivity index (χ1n) is 7.27. The van der Waals surface area contributed by atoms with Crippen LogP contribution in [0.3, 0.4) is 0 Å². The fourth-order valence-electron chi connectivity index (χ4n) is 2.48. The highest BCUT2D eigenvalue weighted by atomic mass is 19.1. The van der Waals surface area contributed by atoms with Crippen molar-refractivity contribution in [1.29, 1.82) is 0 Å². The molecule has 22 heavy (non-hydrogen) atoms.